The molecule has 0 heterocycles. The third kappa shape index (κ3) is 6.14. The van der Waals surface area contributed by atoms with Gasteiger partial charge in [-0.2, -0.15) is 0 Å². The fourth-order valence-corrected chi connectivity index (χ4v) is 2.30. The Hall–Kier alpha value is -1.59. The number of oxime groups is 1. The predicted octanol–water partition coefficient (Wildman–Crippen LogP) is 1.80. The highest BCUT2D eigenvalue weighted by Gasteiger charge is 2.12. The summed E-state index contributed by atoms with van der Waals surface area (Å²) in [5, 5.41) is 12.0. The normalized spacial score (nSPS) is 12.6. The molecule has 0 atom stereocenters. The summed E-state index contributed by atoms with van der Waals surface area (Å²) in [6.45, 7) is 8.28. The Labute approximate surface area is 128 Å². The van der Waals surface area contributed by atoms with E-state index in [4.69, 9.17) is 10.9 Å². The summed E-state index contributed by atoms with van der Waals surface area (Å²) in [5.41, 5.74) is 7.66. The molecular formula is C16H28N4O. The molecule has 1 aromatic carbocycles. The van der Waals surface area contributed by atoms with Gasteiger partial charge in [-0.1, -0.05) is 43.3 Å². The van der Waals surface area contributed by atoms with Crippen LogP contribution < -0.4 is 5.73 Å². The van der Waals surface area contributed by atoms with Gasteiger partial charge in [-0.25, -0.2) is 0 Å². The van der Waals surface area contributed by atoms with E-state index in [-0.39, 0.29) is 5.84 Å². The van der Waals surface area contributed by atoms with Gasteiger partial charge in [-0.05, 0) is 25.6 Å². The summed E-state index contributed by atoms with van der Waals surface area (Å²) >= 11 is 0. The molecule has 0 aliphatic rings. The fourth-order valence-electron chi connectivity index (χ4n) is 2.30. The van der Waals surface area contributed by atoms with E-state index in [0.717, 1.165) is 37.3 Å². The van der Waals surface area contributed by atoms with Gasteiger partial charge in [0.25, 0.3) is 0 Å². The van der Waals surface area contributed by atoms with Crippen molar-refractivity contribution >= 4 is 5.84 Å². The molecule has 0 aliphatic heterocycles. The Morgan fingerprint density at radius 1 is 1.24 bits per heavy atom. The van der Waals surface area contributed by atoms with E-state index in [9.17, 15) is 0 Å². The van der Waals surface area contributed by atoms with Gasteiger partial charge in [0.1, 0.15) is 0 Å². The summed E-state index contributed by atoms with van der Waals surface area (Å²) in [5.74, 6) is 0.769. The minimum atomic E-state index is 0.169. The van der Waals surface area contributed by atoms with Crippen LogP contribution in [0.15, 0.2) is 29.4 Å². The van der Waals surface area contributed by atoms with Crippen LogP contribution >= 0.6 is 0 Å². The third-order valence-corrected chi connectivity index (χ3v) is 3.28. The van der Waals surface area contributed by atoms with Crippen LogP contribution in [0.4, 0.5) is 0 Å². The first kappa shape index (κ1) is 17.5. The maximum absolute atomic E-state index is 8.91. The summed E-state index contributed by atoms with van der Waals surface area (Å²) in [6, 6.07) is 7.83. The summed E-state index contributed by atoms with van der Waals surface area (Å²) in [6.07, 6.45) is 0. The molecule has 0 saturated heterocycles. The zero-order valence-corrected chi connectivity index (χ0v) is 13.6. The van der Waals surface area contributed by atoms with Crippen LogP contribution in [0.5, 0.6) is 0 Å². The first-order valence-corrected chi connectivity index (χ1v) is 7.37. The number of nitrogens with two attached hydrogens (primary N) is 1. The molecular weight excluding hydrogens is 264 g/mol. The Bertz CT molecular complexity index is 457. The number of hydrogen-bond acceptors (Lipinski definition) is 4. The van der Waals surface area contributed by atoms with Gasteiger partial charge in [0.2, 0.25) is 0 Å². The molecule has 0 radical (unpaired) electrons. The third-order valence-electron chi connectivity index (χ3n) is 3.28. The number of likely N-dealkylation sites (N-methyl/N-ethyl adjacent to an activating group) is 1. The lowest BCUT2D eigenvalue weighted by atomic mass is 10.1. The predicted molar refractivity (Wildman–Crippen MR) is 87.6 cm³/mol. The topological polar surface area (TPSA) is 65.1 Å². The molecule has 0 fully saturated rings. The van der Waals surface area contributed by atoms with Gasteiger partial charge in [0.15, 0.2) is 5.84 Å². The zero-order chi connectivity index (χ0) is 15.8. The summed E-state index contributed by atoms with van der Waals surface area (Å²) < 4.78 is 0. The molecule has 0 aliphatic carbocycles. The average molecular weight is 292 g/mol. The molecule has 0 spiro atoms. The van der Waals surface area contributed by atoms with Gasteiger partial charge in [0, 0.05) is 31.7 Å². The van der Waals surface area contributed by atoms with Crippen LogP contribution in [0, 0.1) is 5.92 Å². The molecule has 1 rings (SSSR count). The second kappa shape index (κ2) is 8.64. The van der Waals surface area contributed by atoms with E-state index in [1.165, 1.54) is 0 Å². The Balaban J connectivity index is 2.87. The van der Waals surface area contributed by atoms with Gasteiger partial charge in [0.05, 0.1) is 0 Å². The molecule has 1 aromatic rings. The average Bonchev–Trinajstić information content (AvgIpc) is 2.44. The molecule has 0 amide bonds. The lowest BCUT2D eigenvalue weighted by Crippen LogP contribution is -2.34. The van der Waals surface area contributed by atoms with Gasteiger partial charge in [-0.3, -0.25) is 4.90 Å². The van der Waals surface area contributed by atoms with Gasteiger partial charge >= 0.3 is 0 Å². The van der Waals surface area contributed by atoms with Gasteiger partial charge < -0.3 is 15.8 Å². The Morgan fingerprint density at radius 3 is 2.48 bits per heavy atom. The molecule has 0 bridgehead atoms. The van der Waals surface area contributed by atoms with Crippen molar-refractivity contribution in [1.82, 2.24) is 9.80 Å². The fraction of sp³-hybridized carbons (Fsp3) is 0.562. The van der Waals surface area contributed by atoms with Crippen LogP contribution in [-0.4, -0.2) is 54.6 Å². The first-order valence-electron chi connectivity index (χ1n) is 7.37. The smallest absolute Gasteiger partial charge is 0.170 e. The maximum Gasteiger partial charge on any atom is 0.170 e. The van der Waals surface area contributed by atoms with Crippen molar-refractivity contribution in [3.8, 4) is 0 Å². The number of rotatable bonds is 8. The largest absolute Gasteiger partial charge is 0.409 e. The summed E-state index contributed by atoms with van der Waals surface area (Å²) in [7, 11) is 4.16. The van der Waals surface area contributed by atoms with Crippen LogP contribution in [0.25, 0.3) is 0 Å². The molecule has 0 aromatic heterocycles. The Morgan fingerprint density at radius 2 is 1.90 bits per heavy atom. The van der Waals surface area contributed by atoms with Crippen molar-refractivity contribution in [2.45, 2.75) is 20.4 Å². The molecule has 5 heteroatoms. The number of nitrogens with zero attached hydrogens (tertiary/aromatic N) is 3. The standard InChI is InChI=1S/C16H28N4O/c1-13(2)11-20(10-9-19(3)4)12-14-7-5-6-8-15(14)16(17)18-21/h5-8,13,21H,9-12H2,1-4H3,(H2,17,18). The number of benzene rings is 1. The molecule has 5 nitrogen and oxygen atoms in total. The highest BCUT2D eigenvalue weighted by Crippen LogP contribution is 2.13. The van der Waals surface area contributed by atoms with Crippen molar-refractivity contribution in [3.05, 3.63) is 35.4 Å². The van der Waals surface area contributed by atoms with E-state index >= 15 is 0 Å². The number of hydrogen-bond donors (Lipinski definition) is 2. The SMILES string of the molecule is CC(C)CN(CCN(C)C)Cc1ccccc1C(N)=NO. The Kier molecular flexibility index (Phi) is 7.19. The molecule has 3 N–H and O–H groups in total. The summed E-state index contributed by atoms with van der Waals surface area (Å²) in [4.78, 5) is 4.59. The van der Waals surface area contributed by atoms with Crippen molar-refractivity contribution in [3.63, 3.8) is 0 Å². The van der Waals surface area contributed by atoms with Crippen molar-refractivity contribution in [2.75, 3.05) is 33.7 Å². The quantitative estimate of drug-likeness (QED) is 0.332. The van der Waals surface area contributed by atoms with E-state index in [1.807, 2.05) is 24.3 Å². The van der Waals surface area contributed by atoms with Crippen molar-refractivity contribution < 1.29 is 5.21 Å². The second-order valence-corrected chi connectivity index (χ2v) is 6.07. The monoisotopic (exact) mass is 292 g/mol. The molecule has 21 heavy (non-hydrogen) atoms. The van der Waals surface area contributed by atoms with E-state index in [2.05, 4.69) is 42.9 Å². The minimum Gasteiger partial charge on any atom is -0.409 e. The van der Waals surface area contributed by atoms with Crippen molar-refractivity contribution in [2.24, 2.45) is 16.8 Å². The van der Waals surface area contributed by atoms with E-state index in [0.29, 0.717) is 5.92 Å². The number of amidine groups is 1. The minimum absolute atomic E-state index is 0.169. The van der Waals surface area contributed by atoms with Crippen molar-refractivity contribution in [1.29, 1.82) is 0 Å². The van der Waals surface area contributed by atoms with E-state index < -0.39 is 0 Å². The second-order valence-electron chi connectivity index (χ2n) is 6.07. The molecule has 118 valence electrons. The van der Waals surface area contributed by atoms with Gasteiger partial charge in [-0.15, -0.1) is 0 Å². The first-order chi connectivity index (χ1) is 9.93. The molecule has 0 saturated carbocycles. The van der Waals surface area contributed by atoms with E-state index in [1.54, 1.807) is 0 Å². The lowest BCUT2D eigenvalue weighted by molar-refractivity contribution is 0.211. The highest BCUT2D eigenvalue weighted by molar-refractivity contribution is 5.98. The van der Waals surface area contributed by atoms with Crippen LogP contribution in [0.1, 0.15) is 25.0 Å². The maximum atomic E-state index is 8.91. The van der Waals surface area contributed by atoms with Crippen LogP contribution in [0.2, 0.25) is 0 Å². The highest BCUT2D eigenvalue weighted by atomic mass is 16.4. The van der Waals surface area contributed by atoms with Crippen LogP contribution in [-0.2, 0) is 6.54 Å². The molecule has 0 unspecified atom stereocenters. The lowest BCUT2D eigenvalue weighted by Gasteiger charge is -2.26. The van der Waals surface area contributed by atoms with Crippen LogP contribution in [0.3, 0.4) is 0 Å². The zero-order valence-electron chi connectivity index (χ0n) is 13.6.